The summed E-state index contributed by atoms with van der Waals surface area (Å²) in [5.74, 6) is -0.258. The van der Waals surface area contributed by atoms with Gasteiger partial charge in [0.15, 0.2) is 5.82 Å². The van der Waals surface area contributed by atoms with Gasteiger partial charge in [0, 0.05) is 13.0 Å². The summed E-state index contributed by atoms with van der Waals surface area (Å²) in [4.78, 5) is 41.1. The van der Waals surface area contributed by atoms with E-state index in [9.17, 15) is 14.4 Å². The third-order valence-corrected chi connectivity index (χ3v) is 3.45. The standard InChI is InChI=1S/C15H14N4O4/c1-9-17-13(23-18-9)8-16-12(20)6-7-19-14(21)10-4-2-3-5-11(10)15(19)22/h2-5H,6-8H2,1H3,(H,16,20). The molecule has 0 atom stereocenters. The van der Waals surface area contributed by atoms with Crippen molar-refractivity contribution in [3.8, 4) is 0 Å². The highest BCUT2D eigenvalue weighted by Crippen LogP contribution is 2.22. The Kier molecular flexibility index (Phi) is 3.88. The number of benzene rings is 1. The first-order chi connectivity index (χ1) is 11.1. The molecule has 118 valence electrons. The summed E-state index contributed by atoms with van der Waals surface area (Å²) >= 11 is 0. The lowest BCUT2D eigenvalue weighted by Gasteiger charge is -2.13. The zero-order valence-corrected chi connectivity index (χ0v) is 12.4. The number of hydrogen-bond donors (Lipinski definition) is 1. The first kappa shape index (κ1) is 14.9. The van der Waals surface area contributed by atoms with Crippen molar-refractivity contribution >= 4 is 17.7 Å². The van der Waals surface area contributed by atoms with Crippen molar-refractivity contribution < 1.29 is 18.9 Å². The molecule has 1 N–H and O–H groups in total. The van der Waals surface area contributed by atoms with Crippen LogP contribution in [0.25, 0.3) is 0 Å². The van der Waals surface area contributed by atoms with Gasteiger partial charge in [-0.25, -0.2) is 0 Å². The first-order valence-electron chi connectivity index (χ1n) is 7.07. The van der Waals surface area contributed by atoms with Crippen molar-refractivity contribution in [2.75, 3.05) is 6.54 Å². The molecule has 3 amide bonds. The number of rotatable bonds is 5. The van der Waals surface area contributed by atoms with Gasteiger partial charge in [-0.15, -0.1) is 0 Å². The third-order valence-electron chi connectivity index (χ3n) is 3.45. The van der Waals surface area contributed by atoms with Gasteiger partial charge in [-0.2, -0.15) is 4.98 Å². The van der Waals surface area contributed by atoms with Crippen LogP contribution in [0.3, 0.4) is 0 Å². The smallest absolute Gasteiger partial charge is 0.261 e. The summed E-state index contributed by atoms with van der Waals surface area (Å²) in [7, 11) is 0. The zero-order chi connectivity index (χ0) is 16.4. The number of amides is 3. The number of aryl methyl sites for hydroxylation is 1. The lowest BCUT2D eigenvalue weighted by molar-refractivity contribution is -0.121. The highest BCUT2D eigenvalue weighted by atomic mass is 16.5. The Hall–Kier alpha value is -3.03. The number of nitrogens with zero attached hydrogens (tertiary/aromatic N) is 3. The molecule has 1 aromatic carbocycles. The monoisotopic (exact) mass is 314 g/mol. The fraction of sp³-hybridized carbons (Fsp3) is 0.267. The summed E-state index contributed by atoms with van der Waals surface area (Å²) in [6.45, 7) is 1.82. The Morgan fingerprint density at radius 1 is 1.22 bits per heavy atom. The van der Waals surface area contributed by atoms with Crippen LogP contribution in [-0.2, 0) is 11.3 Å². The summed E-state index contributed by atoms with van der Waals surface area (Å²) < 4.78 is 4.87. The van der Waals surface area contributed by atoms with E-state index in [1.807, 2.05) is 0 Å². The Bertz CT molecular complexity index is 748. The van der Waals surface area contributed by atoms with E-state index in [0.29, 0.717) is 22.8 Å². The number of imide groups is 1. The Morgan fingerprint density at radius 2 is 1.87 bits per heavy atom. The minimum atomic E-state index is -0.370. The molecule has 8 nitrogen and oxygen atoms in total. The molecule has 1 aliphatic rings. The van der Waals surface area contributed by atoms with Crippen LogP contribution in [0.4, 0.5) is 0 Å². The molecule has 0 fully saturated rings. The van der Waals surface area contributed by atoms with Crippen molar-refractivity contribution in [1.82, 2.24) is 20.4 Å². The van der Waals surface area contributed by atoms with Crippen LogP contribution in [0.1, 0.15) is 38.9 Å². The van der Waals surface area contributed by atoms with E-state index in [1.54, 1.807) is 31.2 Å². The topological polar surface area (TPSA) is 105 Å². The van der Waals surface area contributed by atoms with E-state index in [1.165, 1.54) is 0 Å². The van der Waals surface area contributed by atoms with Gasteiger partial charge in [0.25, 0.3) is 11.8 Å². The van der Waals surface area contributed by atoms with Crippen LogP contribution in [0, 0.1) is 6.92 Å². The first-order valence-corrected chi connectivity index (χ1v) is 7.07. The molecule has 23 heavy (non-hydrogen) atoms. The molecule has 0 radical (unpaired) electrons. The third kappa shape index (κ3) is 2.96. The summed E-state index contributed by atoms with van der Waals surface area (Å²) in [6.07, 6.45) is 0.0125. The van der Waals surface area contributed by atoms with Crippen LogP contribution >= 0.6 is 0 Å². The van der Waals surface area contributed by atoms with Crippen LogP contribution < -0.4 is 5.32 Å². The second-order valence-corrected chi connectivity index (χ2v) is 5.07. The van der Waals surface area contributed by atoms with Crippen LogP contribution in [0.15, 0.2) is 28.8 Å². The molecule has 8 heteroatoms. The summed E-state index contributed by atoms with van der Waals surface area (Å²) in [5, 5.41) is 6.21. The molecule has 1 aromatic heterocycles. The molecule has 2 aromatic rings. The predicted molar refractivity (Wildman–Crippen MR) is 77.3 cm³/mol. The van der Waals surface area contributed by atoms with Gasteiger partial charge in [-0.05, 0) is 19.1 Å². The summed E-state index contributed by atoms with van der Waals surface area (Å²) in [5.41, 5.74) is 0.749. The average molecular weight is 314 g/mol. The number of hydrogen-bond acceptors (Lipinski definition) is 6. The van der Waals surface area contributed by atoms with E-state index >= 15 is 0 Å². The van der Waals surface area contributed by atoms with E-state index in [-0.39, 0.29) is 37.2 Å². The second kappa shape index (κ2) is 5.99. The number of nitrogens with one attached hydrogen (secondary N) is 1. The highest BCUT2D eigenvalue weighted by molar-refractivity contribution is 6.21. The maximum atomic E-state index is 12.1. The Morgan fingerprint density at radius 3 is 2.43 bits per heavy atom. The van der Waals surface area contributed by atoms with E-state index in [0.717, 1.165) is 4.90 Å². The average Bonchev–Trinajstić information content (AvgIpc) is 3.07. The van der Waals surface area contributed by atoms with Crippen molar-refractivity contribution in [3.63, 3.8) is 0 Å². The number of aromatic nitrogens is 2. The molecule has 0 saturated heterocycles. The van der Waals surface area contributed by atoms with Gasteiger partial charge in [0.05, 0.1) is 17.7 Å². The Balaban J connectivity index is 1.54. The molecule has 0 unspecified atom stereocenters. The fourth-order valence-corrected chi connectivity index (χ4v) is 2.33. The quantitative estimate of drug-likeness (QED) is 0.814. The molecular formula is C15H14N4O4. The van der Waals surface area contributed by atoms with Gasteiger partial charge in [0.2, 0.25) is 11.8 Å². The van der Waals surface area contributed by atoms with Crippen LogP contribution in [0.2, 0.25) is 0 Å². The molecule has 0 saturated carbocycles. The summed E-state index contributed by atoms with van der Waals surface area (Å²) in [6, 6.07) is 6.61. The maximum absolute atomic E-state index is 12.1. The van der Waals surface area contributed by atoms with Crippen molar-refractivity contribution in [2.45, 2.75) is 19.9 Å². The number of fused-ring (bicyclic) bond motifs is 1. The predicted octanol–water partition coefficient (Wildman–Crippen LogP) is 0.681. The van der Waals surface area contributed by atoms with Gasteiger partial charge < -0.3 is 9.84 Å². The highest BCUT2D eigenvalue weighted by Gasteiger charge is 2.34. The Labute approximate surface area is 131 Å². The minimum absolute atomic E-state index is 0.0125. The molecular weight excluding hydrogens is 300 g/mol. The SMILES string of the molecule is Cc1noc(CNC(=O)CCN2C(=O)c3ccccc3C2=O)n1. The van der Waals surface area contributed by atoms with E-state index in [4.69, 9.17) is 4.52 Å². The largest absolute Gasteiger partial charge is 0.347 e. The molecule has 0 aliphatic carbocycles. The molecule has 0 bridgehead atoms. The lowest BCUT2D eigenvalue weighted by atomic mass is 10.1. The molecule has 3 rings (SSSR count). The fourth-order valence-electron chi connectivity index (χ4n) is 2.33. The van der Waals surface area contributed by atoms with Gasteiger partial charge in [-0.1, -0.05) is 17.3 Å². The molecule has 0 spiro atoms. The van der Waals surface area contributed by atoms with Crippen LogP contribution in [-0.4, -0.2) is 39.3 Å². The number of carbonyl (C=O) groups is 3. The van der Waals surface area contributed by atoms with Gasteiger partial charge in [-0.3, -0.25) is 19.3 Å². The van der Waals surface area contributed by atoms with Gasteiger partial charge in [0.1, 0.15) is 0 Å². The second-order valence-electron chi connectivity index (χ2n) is 5.07. The van der Waals surface area contributed by atoms with E-state index in [2.05, 4.69) is 15.5 Å². The normalized spacial score (nSPS) is 13.3. The van der Waals surface area contributed by atoms with Crippen molar-refractivity contribution in [2.24, 2.45) is 0 Å². The van der Waals surface area contributed by atoms with Gasteiger partial charge >= 0.3 is 0 Å². The maximum Gasteiger partial charge on any atom is 0.261 e. The lowest BCUT2D eigenvalue weighted by Crippen LogP contribution is -2.34. The zero-order valence-electron chi connectivity index (χ0n) is 12.4. The van der Waals surface area contributed by atoms with Crippen molar-refractivity contribution in [3.05, 3.63) is 47.1 Å². The minimum Gasteiger partial charge on any atom is -0.347 e. The van der Waals surface area contributed by atoms with Crippen molar-refractivity contribution in [1.29, 1.82) is 0 Å². The van der Waals surface area contributed by atoms with Crippen LogP contribution in [0.5, 0.6) is 0 Å². The van der Waals surface area contributed by atoms with E-state index < -0.39 is 0 Å². The molecule has 1 aliphatic heterocycles. The molecule has 2 heterocycles. The number of carbonyl (C=O) groups excluding carboxylic acids is 3.